The lowest BCUT2D eigenvalue weighted by atomic mass is 10.2. The molecule has 2 heterocycles. The largest absolute Gasteiger partial charge is 0.467 e. The summed E-state index contributed by atoms with van der Waals surface area (Å²) in [4.78, 5) is 6.63. The minimum atomic E-state index is 0.287. The van der Waals surface area contributed by atoms with Gasteiger partial charge in [-0.15, -0.1) is 0 Å². The monoisotopic (exact) mass is 259 g/mol. The zero-order valence-electron chi connectivity index (χ0n) is 11.8. The van der Waals surface area contributed by atoms with Crippen LogP contribution in [0.2, 0.25) is 0 Å². The summed E-state index contributed by atoms with van der Waals surface area (Å²) in [6.07, 6.45) is 3.61. The summed E-state index contributed by atoms with van der Waals surface area (Å²) in [6, 6.07) is 8.34. The predicted octanol–water partition coefficient (Wildman–Crippen LogP) is 2.98. The lowest BCUT2D eigenvalue weighted by Crippen LogP contribution is -2.20. The van der Waals surface area contributed by atoms with Crippen LogP contribution < -0.4 is 10.2 Å². The van der Waals surface area contributed by atoms with Gasteiger partial charge >= 0.3 is 0 Å². The maximum absolute atomic E-state index is 5.35. The quantitative estimate of drug-likeness (QED) is 0.866. The molecule has 4 nitrogen and oxygen atoms in total. The van der Waals surface area contributed by atoms with Gasteiger partial charge in [-0.1, -0.05) is 6.92 Å². The van der Waals surface area contributed by atoms with Crippen molar-refractivity contribution in [1.82, 2.24) is 10.3 Å². The summed E-state index contributed by atoms with van der Waals surface area (Å²) >= 11 is 0. The second kappa shape index (κ2) is 6.38. The first kappa shape index (κ1) is 13.6. The Morgan fingerprint density at radius 1 is 1.37 bits per heavy atom. The Labute approximate surface area is 114 Å². The van der Waals surface area contributed by atoms with Gasteiger partial charge in [-0.3, -0.25) is 4.98 Å². The molecule has 0 saturated heterocycles. The first-order chi connectivity index (χ1) is 9.20. The molecule has 2 rings (SSSR count). The van der Waals surface area contributed by atoms with Gasteiger partial charge in [0.15, 0.2) is 0 Å². The van der Waals surface area contributed by atoms with Gasteiger partial charge in [0.2, 0.25) is 0 Å². The van der Waals surface area contributed by atoms with Crippen LogP contribution in [0, 0.1) is 0 Å². The van der Waals surface area contributed by atoms with Gasteiger partial charge in [-0.05, 0) is 37.7 Å². The fourth-order valence-corrected chi connectivity index (χ4v) is 2.02. The third kappa shape index (κ3) is 3.58. The van der Waals surface area contributed by atoms with E-state index in [2.05, 4.69) is 41.2 Å². The Bertz CT molecular complexity index is 479. The molecule has 0 aliphatic heterocycles. The summed E-state index contributed by atoms with van der Waals surface area (Å²) in [5.41, 5.74) is 2.15. The van der Waals surface area contributed by atoms with Gasteiger partial charge in [0, 0.05) is 13.1 Å². The van der Waals surface area contributed by atoms with E-state index in [1.807, 2.05) is 25.4 Å². The van der Waals surface area contributed by atoms with Crippen molar-refractivity contribution in [3.63, 3.8) is 0 Å². The summed E-state index contributed by atoms with van der Waals surface area (Å²) < 4.78 is 5.35. The molecule has 0 aromatic carbocycles. The maximum Gasteiger partial charge on any atom is 0.123 e. The van der Waals surface area contributed by atoms with Crippen molar-refractivity contribution in [1.29, 1.82) is 0 Å². The Morgan fingerprint density at radius 2 is 2.21 bits per heavy atom. The topological polar surface area (TPSA) is 41.3 Å². The smallest absolute Gasteiger partial charge is 0.123 e. The van der Waals surface area contributed by atoms with Crippen LogP contribution in [0.25, 0.3) is 0 Å². The van der Waals surface area contributed by atoms with Crippen LogP contribution in [0.3, 0.4) is 0 Å². The summed E-state index contributed by atoms with van der Waals surface area (Å²) in [5, 5.41) is 3.36. The minimum absolute atomic E-state index is 0.287. The molecule has 0 amide bonds. The molecule has 0 saturated carbocycles. The summed E-state index contributed by atoms with van der Waals surface area (Å²) in [7, 11) is 2.03. The number of nitrogens with one attached hydrogen (secondary N) is 1. The molecule has 102 valence electrons. The SMILES string of the molecule is CCNC(C)c1ccc(N(C)Cc2ccco2)cn1. The van der Waals surface area contributed by atoms with Gasteiger partial charge in [0.05, 0.1) is 30.4 Å². The van der Waals surface area contributed by atoms with Crippen molar-refractivity contribution >= 4 is 5.69 Å². The highest BCUT2D eigenvalue weighted by Crippen LogP contribution is 2.17. The zero-order chi connectivity index (χ0) is 13.7. The zero-order valence-corrected chi connectivity index (χ0v) is 11.8. The highest BCUT2D eigenvalue weighted by Gasteiger charge is 2.07. The highest BCUT2D eigenvalue weighted by molar-refractivity contribution is 5.44. The van der Waals surface area contributed by atoms with Gasteiger partial charge in [0.25, 0.3) is 0 Å². The van der Waals surface area contributed by atoms with Crippen LogP contribution in [0.1, 0.15) is 31.3 Å². The van der Waals surface area contributed by atoms with Crippen molar-refractivity contribution in [3.8, 4) is 0 Å². The second-order valence-corrected chi connectivity index (χ2v) is 4.66. The fourth-order valence-electron chi connectivity index (χ4n) is 2.02. The van der Waals surface area contributed by atoms with Gasteiger partial charge < -0.3 is 14.6 Å². The lowest BCUT2D eigenvalue weighted by Gasteiger charge is -2.18. The van der Waals surface area contributed by atoms with Crippen LogP contribution in [-0.4, -0.2) is 18.6 Å². The predicted molar refractivity (Wildman–Crippen MR) is 77.1 cm³/mol. The molecule has 0 spiro atoms. The van der Waals surface area contributed by atoms with E-state index in [0.717, 1.165) is 30.2 Å². The normalized spacial score (nSPS) is 12.4. The van der Waals surface area contributed by atoms with E-state index < -0.39 is 0 Å². The van der Waals surface area contributed by atoms with Crippen LogP contribution in [0.15, 0.2) is 41.1 Å². The third-order valence-corrected chi connectivity index (χ3v) is 3.14. The van der Waals surface area contributed by atoms with Crippen molar-refractivity contribution in [2.24, 2.45) is 0 Å². The number of hydrogen-bond acceptors (Lipinski definition) is 4. The number of anilines is 1. The van der Waals surface area contributed by atoms with Crippen molar-refractivity contribution < 1.29 is 4.42 Å². The van der Waals surface area contributed by atoms with E-state index in [1.165, 1.54) is 0 Å². The molecule has 0 aliphatic rings. The van der Waals surface area contributed by atoms with Crippen molar-refractivity contribution in [2.45, 2.75) is 26.4 Å². The van der Waals surface area contributed by atoms with Crippen LogP contribution in [0.5, 0.6) is 0 Å². The van der Waals surface area contributed by atoms with Crippen LogP contribution >= 0.6 is 0 Å². The van der Waals surface area contributed by atoms with E-state index in [4.69, 9.17) is 4.42 Å². The molecule has 0 bridgehead atoms. The van der Waals surface area contributed by atoms with E-state index in [0.29, 0.717) is 0 Å². The standard InChI is InChI=1S/C15H21N3O/c1-4-16-12(2)15-8-7-13(10-17-15)18(3)11-14-6-5-9-19-14/h5-10,12,16H,4,11H2,1-3H3. The fraction of sp³-hybridized carbons (Fsp3) is 0.400. The molecule has 2 aromatic heterocycles. The maximum atomic E-state index is 5.35. The van der Waals surface area contributed by atoms with Gasteiger partial charge in [-0.2, -0.15) is 0 Å². The van der Waals surface area contributed by atoms with E-state index in [-0.39, 0.29) is 6.04 Å². The van der Waals surface area contributed by atoms with E-state index in [1.54, 1.807) is 6.26 Å². The second-order valence-electron chi connectivity index (χ2n) is 4.66. The Hall–Kier alpha value is -1.81. The Kier molecular flexibility index (Phi) is 4.58. The van der Waals surface area contributed by atoms with Crippen LogP contribution in [-0.2, 0) is 6.54 Å². The van der Waals surface area contributed by atoms with Gasteiger partial charge in [0.1, 0.15) is 5.76 Å². The molecule has 4 heteroatoms. The molecule has 1 N–H and O–H groups in total. The number of rotatable bonds is 6. The Balaban J connectivity index is 2.01. The van der Waals surface area contributed by atoms with Crippen molar-refractivity contribution in [3.05, 3.63) is 48.2 Å². The number of aromatic nitrogens is 1. The highest BCUT2D eigenvalue weighted by atomic mass is 16.3. The average Bonchev–Trinajstić information content (AvgIpc) is 2.92. The molecule has 19 heavy (non-hydrogen) atoms. The molecule has 1 atom stereocenters. The molecule has 0 fully saturated rings. The van der Waals surface area contributed by atoms with Gasteiger partial charge in [-0.25, -0.2) is 0 Å². The molecule has 1 unspecified atom stereocenters. The van der Waals surface area contributed by atoms with E-state index in [9.17, 15) is 0 Å². The molecule has 0 aliphatic carbocycles. The molecule has 2 aromatic rings. The number of furan rings is 1. The first-order valence-electron chi connectivity index (χ1n) is 6.63. The third-order valence-electron chi connectivity index (χ3n) is 3.14. The first-order valence-corrected chi connectivity index (χ1v) is 6.63. The number of hydrogen-bond donors (Lipinski definition) is 1. The Morgan fingerprint density at radius 3 is 2.79 bits per heavy atom. The van der Waals surface area contributed by atoms with Crippen molar-refractivity contribution in [2.75, 3.05) is 18.5 Å². The molecular formula is C15H21N3O. The van der Waals surface area contributed by atoms with E-state index >= 15 is 0 Å². The summed E-state index contributed by atoms with van der Waals surface area (Å²) in [5.74, 6) is 0.951. The number of pyridine rings is 1. The molecular weight excluding hydrogens is 238 g/mol. The number of nitrogens with zero attached hydrogens (tertiary/aromatic N) is 2. The minimum Gasteiger partial charge on any atom is -0.467 e. The summed E-state index contributed by atoms with van der Waals surface area (Å²) in [6.45, 7) is 5.92. The lowest BCUT2D eigenvalue weighted by molar-refractivity contribution is 0.507. The van der Waals surface area contributed by atoms with Crippen LogP contribution in [0.4, 0.5) is 5.69 Å². The molecule has 0 radical (unpaired) electrons. The average molecular weight is 259 g/mol.